The van der Waals surface area contributed by atoms with E-state index in [1.807, 2.05) is 18.2 Å². The fourth-order valence-corrected chi connectivity index (χ4v) is 2.14. The van der Waals surface area contributed by atoms with Crippen LogP contribution in [0.25, 0.3) is 0 Å². The van der Waals surface area contributed by atoms with Crippen LogP contribution in [0.5, 0.6) is 5.75 Å². The molecule has 1 aliphatic rings. The Morgan fingerprint density at radius 3 is 2.73 bits per heavy atom. The third-order valence-electron chi connectivity index (χ3n) is 2.99. The molecule has 2 rings (SSSR count). The van der Waals surface area contributed by atoms with Crippen molar-refractivity contribution >= 4 is 0 Å². The summed E-state index contributed by atoms with van der Waals surface area (Å²) in [6.45, 7) is 2.15. The van der Waals surface area contributed by atoms with E-state index in [4.69, 9.17) is 10.00 Å². The molecule has 2 heteroatoms. The van der Waals surface area contributed by atoms with E-state index < -0.39 is 0 Å². The summed E-state index contributed by atoms with van der Waals surface area (Å²) in [5.74, 6) is 0.818. The average molecular weight is 201 g/mol. The molecule has 1 aromatic rings. The lowest BCUT2D eigenvalue weighted by molar-refractivity contribution is 0.0968. The molecule has 2 nitrogen and oxygen atoms in total. The van der Waals surface area contributed by atoms with E-state index in [0.717, 1.165) is 18.6 Å². The minimum atomic E-state index is -0.0198. The smallest absolute Gasteiger partial charge is 0.121 e. The third kappa shape index (κ3) is 2.30. The molecule has 0 heterocycles. The number of nitriles is 1. The first-order valence-corrected chi connectivity index (χ1v) is 5.41. The predicted molar refractivity (Wildman–Crippen MR) is 58.7 cm³/mol. The standard InChI is InChI=1S/C13H15NO/c1-13(7-2-3-8-13)15-12-6-4-5-11(9-12)10-14/h4-6,9H,2-3,7-8H2,1H3. The van der Waals surface area contributed by atoms with Gasteiger partial charge in [0.1, 0.15) is 11.4 Å². The molecule has 1 aliphatic carbocycles. The Hall–Kier alpha value is -1.49. The number of hydrogen-bond acceptors (Lipinski definition) is 2. The van der Waals surface area contributed by atoms with Gasteiger partial charge in [-0.25, -0.2) is 0 Å². The number of nitrogens with zero attached hydrogens (tertiary/aromatic N) is 1. The molecule has 0 atom stereocenters. The second-order valence-corrected chi connectivity index (χ2v) is 4.40. The average Bonchev–Trinajstić information content (AvgIpc) is 2.65. The van der Waals surface area contributed by atoms with Gasteiger partial charge in [0.15, 0.2) is 0 Å². The molecule has 0 saturated heterocycles. The minimum absolute atomic E-state index is 0.0198. The Balaban J connectivity index is 2.13. The second-order valence-electron chi connectivity index (χ2n) is 4.40. The van der Waals surface area contributed by atoms with Crippen LogP contribution in [0.3, 0.4) is 0 Å². The molecule has 1 saturated carbocycles. The van der Waals surface area contributed by atoms with Crippen LogP contribution in [-0.2, 0) is 0 Å². The zero-order valence-corrected chi connectivity index (χ0v) is 8.99. The lowest BCUT2D eigenvalue weighted by Crippen LogP contribution is -2.27. The van der Waals surface area contributed by atoms with Crippen LogP contribution in [0.15, 0.2) is 24.3 Å². The first kappa shape index (κ1) is 10.0. The Kier molecular flexibility index (Phi) is 2.64. The van der Waals surface area contributed by atoms with Crippen molar-refractivity contribution in [3.63, 3.8) is 0 Å². The SMILES string of the molecule is CC1(Oc2cccc(C#N)c2)CCCC1. The summed E-state index contributed by atoms with van der Waals surface area (Å²) in [7, 11) is 0. The molecule has 0 aliphatic heterocycles. The van der Waals surface area contributed by atoms with Crippen LogP contribution in [0.4, 0.5) is 0 Å². The maximum Gasteiger partial charge on any atom is 0.121 e. The van der Waals surface area contributed by atoms with Crippen molar-refractivity contribution in [2.75, 3.05) is 0 Å². The zero-order chi connectivity index (χ0) is 10.7. The summed E-state index contributed by atoms with van der Waals surface area (Å²) < 4.78 is 5.95. The van der Waals surface area contributed by atoms with Crippen LogP contribution < -0.4 is 4.74 Å². The number of benzene rings is 1. The number of rotatable bonds is 2. The van der Waals surface area contributed by atoms with Crippen LogP contribution in [-0.4, -0.2) is 5.60 Å². The van der Waals surface area contributed by atoms with Crippen molar-refractivity contribution < 1.29 is 4.74 Å². The summed E-state index contributed by atoms with van der Waals surface area (Å²) in [4.78, 5) is 0. The monoisotopic (exact) mass is 201 g/mol. The molecular weight excluding hydrogens is 186 g/mol. The molecule has 0 radical (unpaired) electrons. The van der Waals surface area contributed by atoms with Crippen molar-refractivity contribution in [2.45, 2.75) is 38.2 Å². The Morgan fingerprint density at radius 2 is 2.07 bits per heavy atom. The predicted octanol–water partition coefficient (Wildman–Crippen LogP) is 3.27. The first-order valence-electron chi connectivity index (χ1n) is 5.41. The van der Waals surface area contributed by atoms with Crippen LogP contribution in [0.2, 0.25) is 0 Å². The van der Waals surface area contributed by atoms with Gasteiger partial charge in [0.2, 0.25) is 0 Å². The summed E-state index contributed by atoms with van der Waals surface area (Å²) in [5.41, 5.74) is 0.641. The molecule has 0 spiro atoms. The summed E-state index contributed by atoms with van der Waals surface area (Å²) in [6.07, 6.45) is 4.72. The molecule has 1 aromatic carbocycles. The fourth-order valence-electron chi connectivity index (χ4n) is 2.14. The third-order valence-corrected chi connectivity index (χ3v) is 2.99. The van der Waals surface area contributed by atoms with Crippen molar-refractivity contribution in [1.82, 2.24) is 0 Å². The summed E-state index contributed by atoms with van der Waals surface area (Å²) in [5, 5.41) is 8.78. The maximum atomic E-state index is 8.78. The van der Waals surface area contributed by atoms with Crippen LogP contribution in [0, 0.1) is 11.3 Å². The van der Waals surface area contributed by atoms with Crippen LogP contribution in [0.1, 0.15) is 38.2 Å². The highest BCUT2D eigenvalue weighted by molar-refractivity contribution is 5.36. The van der Waals surface area contributed by atoms with Gasteiger partial charge in [-0.1, -0.05) is 6.07 Å². The summed E-state index contributed by atoms with van der Waals surface area (Å²) in [6, 6.07) is 9.52. The quantitative estimate of drug-likeness (QED) is 0.735. The van der Waals surface area contributed by atoms with Gasteiger partial charge >= 0.3 is 0 Å². The molecule has 78 valence electrons. The van der Waals surface area contributed by atoms with Gasteiger partial charge in [-0.05, 0) is 50.8 Å². The zero-order valence-electron chi connectivity index (χ0n) is 8.99. The van der Waals surface area contributed by atoms with Crippen molar-refractivity contribution in [3.05, 3.63) is 29.8 Å². The Bertz CT molecular complexity index is 386. The lowest BCUT2D eigenvalue weighted by atomic mass is 10.1. The highest BCUT2D eigenvalue weighted by Crippen LogP contribution is 2.33. The molecular formula is C13H15NO. The molecule has 0 N–H and O–H groups in total. The fraction of sp³-hybridized carbons (Fsp3) is 0.462. The molecule has 1 fully saturated rings. The van der Waals surface area contributed by atoms with E-state index >= 15 is 0 Å². The van der Waals surface area contributed by atoms with E-state index in [1.54, 1.807) is 6.07 Å². The highest BCUT2D eigenvalue weighted by Gasteiger charge is 2.30. The second kappa shape index (κ2) is 3.94. The molecule has 0 aromatic heterocycles. The molecule has 0 amide bonds. The van der Waals surface area contributed by atoms with Gasteiger partial charge < -0.3 is 4.74 Å². The van der Waals surface area contributed by atoms with Gasteiger partial charge in [-0.2, -0.15) is 5.26 Å². The van der Waals surface area contributed by atoms with Crippen molar-refractivity contribution in [2.24, 2.45) is 0 Å². The van der Waals surface area contributed by atoms with E-state index in [0.29, 0.717) is 5.56 Å². The van der Waals surface area contributed by atoms with Gasteiger partial charge in [-0.15, -0.1) is 0 Å². The topological polar surface area (TPSA) is 33.0 Å². The normalized spacial score (nSPS) is 18.4. The van der Waals surface area contributed by atoms with Gasteiger partial charge in [0.25, 0.3) is 0 Å². The first-order chi connectivity index (χ1) is 7.22. The van der Waals surface area contributed by atoms with Gasteiger partial charge in [0.05, 0.1) is 11.6 Å². The molecule has 15 heavy (non-hydrogen) atoms. The highest BCUT2D eigenvalue weighted by atomic mass is 16.5. The van der Waals surface area contributed by atoms with E-state index in [-0.39, 0.29) is 5.60 Å². The molecule has 0 bridgehead atoms. The van der Waals surface area contributed by atoms with E-state index in [2.05, 4.69) is 13.0 Å². The van der Waals surface area contributed by atoms with Crippen LogP contribution >= 0.6 is 0 Å². The van der Waals surface area contributed by atoms with Crippen molar-refractivity contribution in [1.29, 1.82) is 5.26 Å². The minimum Gasteiger partial charge on any atom is -0.488 e. The van der Waals surface area contributed by atoms with Gasteiger partial charge in [-0.3, -0.25) is 0 Å². The largest absolute Gasteiger partial charge is 0.488 e. The van der Waals surface area contributed by atoms with Gasteiger partial charge in [0, 0.05) is 0 Å². The lowest BCUT2D eigenvalue weighted by Gasteiger charge is -2.25. The molecule has 0 unspecified atom stereocenters. The van der Waals surface area contributed by atoms with Crippen molar-refractivity contribution in [3.8, 4) is 11.8 Å². The summed E-state index contributed by atoms with van der Waals surface area (Å²) >= 11 is 0. The number of ether oxygens (including phenoxy) is 1. The Morgan fingerprint density at radius 1 is 1.33 bits per heavy atom. The van der Waals surface area contributed by atoms with E-state index in [9.17, 15) is 0 Å². The van der Waals surface area contributed by atoms with E-state index in [1.165, 1.54) is 12.8 Å². The maximum absolute atomic E-state index is 8.78. The number of hydrogen-bond donors (Lipinski definition) is 0. The Labute approximate surface area is 90.5 Å².